The fraction of sp³-hybridized carbons (Fsp3) is 0.192. The summed E-state index contributed by atoms with van der Waals surface area (Å²) in [6, 6.07) is 15.8. The van der Waals surface area contributed by atoms with Crippen LogP contribution in [0, 0.1) is 5.41 Å². The number of hydrogen-bond acceptors (Lipinski definition) is 8. The molecule has 3 aromatic carbocycles. The highest BCUT2D eigenvalue weighted by Crippen LogP contribution is 2.56. The molecule has 1 atom stereocenters. The Kier molecular flexibility index (Phi) is 6.89. The molecule has 0 amide bonds. The van der Waals surface area contributed by atoms with Crippen molar-refractivity contribution >= 4 is 17.9 Å². The molecule has 0 saturated heterocycles. The maximum absolute atomic E-state index is 12.5. The summed E-state index contributed by atoms with van der Waals surface area (Å²) in [5.74, 6) is -0.706. The fourth-order valence-electron chi connectivity index (χ4n) is 4.32. The van der Waals surface area contributed by atoms with Gasteiger partial charge in [-0.2, -0.15) is 0 Å². The SMILES string of the molecule is N=C(N)NCCCC(N)C(=O)O.O=C1OC2(c3ccc(O)cc3Oc3cc(O)ccc32)c2ccccc21. The van der Waals surface area contributed by atoms with E-state index in [1.54, 1.807) is 24.3 Å². The first-order chi connectivity index (χ1) is 17.6. The number of hydrogen-bond donors (Lipinski definition) is 7. The summed E-state index contributed by atoms with van der Waals surface area (Å²) in [7, 11) is 0. The lowest BCUT2D eigenvalue weighted by Crippen LogP contribution is -2.34. The quantitative estimate of drug-likeness (QED) is 0.116. The Labute approximate surface area is 211 Å². The van der Waals surface area contributed by atoms with Crippen molar-refractivity contribution in [2.24, 2.45) is 11.5 Å². The zero-order chi connectivity index (χ0) is 26.7. The predicted octanol–water partition coefficient (Wildman–Crippen LogP) is 2.33. The third-order valence-electron chi connectivity index (χ3n) is 6.01. The molecule has 1 unspecified atom stereocenters. The Hall–Kier alpha value is -4.77. The maximum Gasteiger partial charge on any atom is 0.340 e. The summed E-state index contributed by atoms with van der Waals surface area (Å²) in [6.07, 6.45) is 0.975. The summed E-state index contributed by atoms with van der Waals surface area (Å²) in [4.78, 5) is 22.7. The van der Waals surface area contributed by atoms with Crippen LogP contribution in [0.2, 0.25) is 0 Å². The fourth-order valence-corrected chi connectivity index (χ4v) is 4.32. The third-order valence-corrected chi connectivity index (χ3v) is 6.01. The van der Waals surface area contributed by atoms with Gasteiger partial charge in [-0.25, -0.2) is 4.79 Å². The number of aromatic hydroxyl groups is 2. The summed E-state index contributed by atoms with van der Waals surface area (Å²) in [6.45, 7) is 0.482. The second-order valence-electron chi connectivity index (χ2n) is 8.51. The van der Waals surface area contributed by atoms with Gasteiger partial charge in [0.2, 0.25) is 0 Å². The van der Waals surface area contributed by atoms with Crippen molar-refractivity contribution < 1.29 is 34.4 Å². The normalized spacial score (nSPS) is 14.6. The summed E-state index contributed by atoms with van der Waals surface area (Å²) < 4.78 is 11.8. The molecule has 0 saturated carbocycles. The Morgan fingerprint density at radius 2 is 1.59 bits per heavy atom. The molecule has 2 aliphatic rings. The summed E-state index contributed by atoms with van der Waals surface area (Å²) in [5, 5.41) is 37.4. The number of phenolic OH excluding ortho intramolecular Hbond substituents is 2. The van der Waals surface area contributed by atoms with Gasteiger partial charge in [0, 0.05) is 35.4 Å². The first kappa shape index (κ1) is 25.3. The largest absolute Gasteiger partial charge is 0.508 e. The first-order valence-electron chi connectivity index (χ1n) is 11.4. The third kappa shape index (κ3) is 4.84. The van der Waals surface area contributed by atoms with Crippen LogP contribution in [-0.4, -0.2) is 45.8 Å². The number of carbonyl (C=O) groups is 2. The Morgan fingerprint density at radius 1 is 1.00 bits per heavy atom. The topological polar surface area (TPSA) is 201 Å². The Bertz CT molecular complexity index is 1320. The number of ether oxygens (including phenoxy) is 2. The number of carbonyl (C=O) groups excluding carboxylic acids is 1. The van der Waals surface area contributed by atoms with Crippen molar-refractivity contribution in [3.05, 3.63) is 82.9 Å². The van der Waals surface area contributed by atoms with E-state index in [1.165, 1.54) is 24.3 Å². The smallest absolute Gasteiger partial charge is 0.340 e. The van der Waals surface area contributed by atoms with Gasteiger partial charge in [0.1, 0.15) is 29.0 Å². The molecule has 11 heteroatoms. The number of fused-ring (bicyclic) bond motifs is 6. The van der Waals surface area contributed by atoms with Crippen LogP contribution in [0.4, 0.5) is 0 Å². The lowest BCUT2D eigenvalue weighted by Gasteiger charge is -2.36. The van der Waals surface area contributed by atoms with Crippen LogP contribution in [0.5, 0.6) is 23.0 Å². The van der Waals surface area contributed by atoms with Crippen molar-refractivity contribution in [3.63, 3.8) is 0 Å². The minimum atomic E-state index is -1.17. The van der Waals surface area contributed by atoms with Gasteiger partial charge in [-0.05, 0) is 43.2 Å². The molecule has 192 valence electrons. The second kappa shape index (κ2) is 10.1. The molecule has 0 bridgehead atoms. The number of carboxylic acid groups (broad SMARTS) is 1. The van der Waals surface area contributed by atoms with Crippen LogP contribution in [0.3, 0.4) is 0 Å². The highest BCUT2D eigenvalue weighted by molar-refractivity contribution is 5.97. The molecule has 0 radical (unpaired) electrons. The molecule has 2 aliphatic heterocycles. The number of carboxylic acids is 1. The highest BCUT2D eigenvalue weighted by Gasteiger charge is 2.53. The van der Waals surface area contributed by atoms with Crippen LogP contribution in [0.15, 0.2) is 60.7 Å². The van der Waals surface area contributed by atoms with Crippen LogP contribution in [0.1, 0.15) is 39.9 Å². The minimum Gasteiger partial charge on any atom is -0.508 e. The van der Waals surface area contributed by atoms with E-state index in [4.69, 9.17) is 31.5 Å². The Balaban J connectivity index is 0.000000229. The average Bonchev–Trinajstić information content (AvgIpc) is 3.14. The molecular weight excluding hydrogens is 480 g/mol. The molecule has 37 heavy (non-hydrogen) atoms. The van der Waals surface area contributed by atoms with Crippen molar-refractivity contribution in [1.29, 1.82) is 5.41 Å². The van der Waals surface area contributed by atoms with Gasteiger partial charge < -0.3 is 41.6 Å². The van der Waals surface area contributed by atoms with E-state index in [9.17, 15) is 19.8 Å². The number of benzene rings is 3. The molecule has 9 N–H and O–H groups in total. The highest BCUT2D eigenvalue weighted by atomic mass is 16.6. The first-order valence-corrected chi connectivity index (χ1v) is 11.4. The van der Waals surface area contributed by atoms with E-state index >= 15 is 0 Å². The molecule has 3 aromatic rings. The predicted molar refractivity (Wildman–Crippen MR) is 133 cm³/mol. The number of phenols is 2. The van der Waals surface area contributed by atoms with Crippen LogP contribution in [-0.2, 0) is 15.1 Å². The maximum atomic E-state index is 12.5. The van der Waals surface area contributed by atoms with E-state index in [1.807, 2.05) is 12.1 Å². The van der Waals surface area contributed by atoms with Gasteiger partial charge in [-0.15, -0.1) is 0 Å². The lowest BCUT2D eigenvalue weighted by atomic mass is 9.77. The Morgan fingerprint density at radius 3 is 2.16 bits per heavy atom. The molecular formula is C26H26N4O7. The van der Waals surface area contributed by atoms with Gasteiger partial charge in [0.05, 0.1) is 5.56 Å². The summed E-state index contributed by atoms with van der Waals surface area (Å²) in [5.41, 5.74) is 11.5. The number of guanidine groups is 1. The molecule has 0 fully saturated rings. The number of rotatable bonds is 5. The zero-order valence-corrected chi connectivity index (χ0v) is 19.6. The monoisotopic (exact) mass is 506 g/mol. The van der Waals surface area contributed by atoms with Crippen molar-refractivity contribution in [3.8, 4) is 23.0 Å². The second-order valence-corrected chi connectivity index (χ2v) is 8.51. The van der Waals surface area contributed by atoms with E-state index in [0.29, 0.717) is 53.1 Å². The van der Waals surface area contributed by atoms with Crippen molar-refractivity contribution in [2.45, 2.75) is 24.5 Å². The zero-order valence-electron chi connectivity index (χ0n) is 19.6. The lowest BCUT2D eigenvalue weighted by molar-refractivity contribution is -0.138. The van der Waals surface area contributed by atoms with Gasteiger partial charge in [0.25, 0.3) is 0 Å². The van der Waals surface area contributed by atoms with Gasteiger partial charge in [0.15, 0.2) is 11.6 Å². The summed E-state index contributed by atoms with van der Waals surface area (Å²) >= 11 is 0. The molecule has 0 aliphatic carbocycles. The number of aliphatic carboxylic acids is 1. The number of nitrogens with one attached hydrogen (secondary N) is 2. The van der Waals surface area contributed by atoms with Gasteiger partial charge >= 0.3 is 11.9 Å². The van der Waals surface area contributed by atoms with Crippen LogP contribution in [0.25, 0.3) is 0 Å². The number of nitrogens with two attached hydrogens (primary N) is 2. The molecule has 11 nitrogen and oxygen atoms in total. The molecule has 2 heterocycles. The van der Waals surface area contributed by atoms with E-state index in [0.717, 1.165) is 0 Å². The van der Waals surface area contributed by atoms with Crippen LogP contribution >= 0.6 is 0 Å². The van der Waals surface area contributed by atoms with E-state index in [-0.39, 0.29) is 17.5 Å². The number of esters is 1. The average molecular weight is 507 g/mol. The molecule has 5 rings (SSSR count). The van der Waals surface area contributed by atoms with E-state index in [2.05, 4.69) is 5.32 Å². The van der Waals surface area contributed by atoms with Gasteiger partial charge in [-0.3, -0.25) is 10.2 Å². The van der Waals surface area contributed by atoms with Gasteiger partial charge in [-0.1, -0.05) is 18.2 Å². The molecule has 0 aromatic heterocycles. The minimum absolute atomic E-state index is 0.0371. The van der Waals surface area contributed by atoms with Crippen molar-refractivity contribution in [1.82, 2.24) is 5.32 Å². The molecule has 1 spiro atoms. The van der Waals surface area contributed by atoms with E-state index < -0.39 is 23.6 Å². The van der Waals surface area contributed by atoms with Crippen LogP contribution < -0.4 is 21.5 Å². The van der Waals surface area contributed by atoms with Crippen molar-refractivity contribution in [2.75, 3.05) is 6.54 Å². The standard InChI is InChI=1S/C20H12O5.C6H14N4O2/c21-11-5-7-15-17(9-11)24-18-10-12(22)6-8-16(18)20(15)14-4-2-1-3-13(14)19(23)25-20;7-4(5(11)12)2-1-3-10-6(8)9/h1-10,21-22H;4H,1-3,7H2,(H,11,12)(H4,8,9,10).